The Kier molecular flexibility index (Phi) is 4.02. The zero-order valence-electron chi connectivity index (χ0n) is 11.0. The van der Waals surface area contributed by atoms with Crippen LogP contribution in [0.25, 0.3) is 0 Å². The molecule has 0 heterocycles. The number of nitrogens with two attached hydrogens (primary N) is 1. The maximum absolute atomic E-state index is 13.8. The molecule has 0 saturated heterocycles. The molecular formula is C14H18F2N2O. The summed E-state index contributed by atoms with van der Waals surface area (Å²) in [5, 5.41) is 0. The van der Waals surface area contributed by atoms with Crippen LogP contribution >= 0.6 is 0 Å². The van der Waals surface area contributed by atoms with Crippen LogP contribution < -0.4 is 5.73 Å². The van der Waals surface area contributed by atoms with Gasteiger partial charge in [0.2, 0.25) is 0 Å². The van der Waals surface area contributed by atoms with Crippen molar-refractivity contribution in [3.8, 4) is 0 Å². The van der Waals surface area contributed by atoms with E-state index in [4.69, 9.17) is 5.73 Å². The largest absolute Gasteiger partial charge is 0.396 e. The Bertz CT molecular complexity index is 485. The second-order valence-corrected chi connectivity index (χ2v) is 5.19. The fraction of sp³-hybridized carbons (Fsp3) is 0.500. The zero-order chi connectivity index (χ0) is 14.0. The predicted octanol–water partition coefficient (Wildman–Crippen LogP) is 2.81. The molecule has 1 aliphatic rings. The summed E-state index contributed by atoms with van der Waals surface area (Å²) < 4.78 is 27.0. The first-order chi connectivity index (χ1) is 8.99. The molecule has 1 aromatic rings. The molecule has 5 heteroatoms. The minimum Gasteiger partial charge on any atom is -0.396 e. The molecule has 0 bridgehead atoms. The highest BCUT2D eigenvalue weighted by Crippen LogP contribution is 2.26. The summed E-state index contributed by atoms with van der Waals surface area (Å²) in [7, 11) is 1.61. The number of hydrogen-bond donors (Lipinski definition) is 1. The van der Waals surface area contributed by atoms with Gasteiger partial charge in [0.15, 0.2) is 5.82 Å². The third-order valence-corrected chi connectivity index (χ3v) is 3.65. The summed E-state index contributed by atoms with van der Waals surface area (Å²) in [4.78, 5) is 13.6. The van der Waals surface area contributed by atoms with Crippen LogP contribution in [0.1, 0.15) is 36.0 Å². The highest BCUT2D eigenvalue weighted by Gasteiger charge is 2.23. The van der Waals surface area contributed by atoms with Crippen LogP contribution in [0, 0.1) is 17.6 Å². The van der Waals surface area contributed by atoms with Crippen molar-refractivity contribution in [2.75, 3.05) is 19.3 Å². The van der Waals surface area contributed by atoms with Gasteiger partial charge in [-0.15, -0.1) is 0 Å². The molecule has 2 N–H and O–H groups in total. The first kappa shape index (κ1) is 13.8. The lowest BCUT2D eigenvalue weighted by Crippen LogP contribution is -2.32. The first-order valence-electron chi connectivity index (χ1n) is 6.49. The second-order valence-electron chi connectivity index (χ2n) is 5.19. The van der Waals surface area contributed by atoms with Gasteiger partial charge in [-0.05, 0) is 30.9 Å². The predicted molar refractivity (Wildman–Crippen MR) is 69.7 cm³/mol. The fourth-order valence-corrected chi connectivity index (χ4v) is 2.63. The van der Waals surface area contributed by atoms with E-state index < -0.39 is 17.5 Å². The summed E-state index contributed by atoms with van der Waals surface area (Å²) in [6.07, 6.45) is 4.53. The molecular weight excluding hydrogens is 250 g/mol. The molecule has 1 aliphatic carbocycles. The average Bonchev–Trinajstić information content (AvgIpc) is 2.85. The Hall–Kier alpha value is -1.65. The van der Waals surface area contributed by atoms with Crippen LogP contribution in [0.3, 0.4) is 0 Å². The van der Waals surface area contributed by atoms with E-state index in [0.29, 0.717) is 12.5 Å². The standard InChI is InChI=1S/C14H18F2N2O/c1-18(8-9-4-2-3-5-9)14(19)11-6-10(15)7-12(17)13(11)16/h6-7,9H,2-5,8,17H2,1H3. The minimum absolute atomic E-state index is 0.294. The van der Waals surface area contributed by atoms with Gasteiger partial charge in [0, 0.05) is 13.6 Å². The summed E-state index contributed by atoms with van der Waals surface area (Å²) in [5.41, 5.74) is 4.71. The molecule has 0 unspecified atom stereocenters. The molecule has 0 aromatic heterocycles. The third kappa shape index (κ3) is 3.03. The molecule has 1 amide bonds. The zero-order valence-corrected chi connectivity index (χ0v) is 11.0. The Morgan fingerprint density at radius 1 is 1.37 bits per heavy atom. The van der Waals surface area contributed by atoms with Crippen molar-refractivity contribution in [1.29, 1.82) is 0 Å². The van der Waals surface area contributed by atoms with Crippen molar-refractivity contribution >= 4 is 11.6 Å². The van der Waals surface area contributed by atoms with Gasteiger partial charge < -0.3 is 10.6 Å². The SMILES string of the molecule is CN(CC1CCCC1)C(=O)c1cc(F)cc(N)c1F. The molecule has 0 atom stereocenters. The van der Waals surface area contributed by atoms with E-state index in [9.17, 15) is 13.6 Å². The summed E-state index contributed by atoms with van der Waals surface area (Å²) in [6.45, 7) is 0.578. The van der Waals surface area contributed by atoms with Gasteiger partial charge in [-0.1, -0.05) is 12.8 Å². The average molecular weight is 268 g/mol. The van der Waals surface area contributed by atoms with Crippen molar-refractivity contribution in [3.05, 3.63) is 29.3 Å². The second kappa shape index (κ2) is 5.55. The van der Waals surface area contributed by atoms with E-state index >= 15 is 0 Å². The van der Waals surface area contributed by atoms with Crippen molar-refractivity contribution in [2.45, 2.75) is 25.7 Å². The lowest BCUT2D eigenvalue weighted by molar-refractivity contribution is 0.0768. The molecule has 1 saturated carbocycles. The monoisotopic (exact) mass is 268 g/mol. The van der Waals surface area contributed by atoms with E-state index in [1.165, 1.54) is 17.7 Å². The highest BCUT2D eigenvalue weighted by molar-refractivity contribution is 5.95. The number of nitrogens with zero attached hydrogens (tertiary/aromatic N) is 1. The van der Waals surface area contributed by atoms with Crippen molar-refractivity contribution in [1.82, 2.24) is 4.90 Å². The first-order valence-corrected chi connectivity index (χ1v) is 6.49. The van der Waals surface area contributed by atoms with Crippen LogP contribution in [0.15, 0.2) is 12.1 Å². The smallest absolute Gasteiger partial charge is 0.256 e. The van der Waals surface area contributed by atoms with E-state index in [1.807, 2.05) is 0 Å². The van der Waals surface area contributed by atoms with E-state index in [1.54, 1.807) is 7.05 Å². The Morgan fingerprint density at radius 3 is 2.63 bits per heavy atom. The van der Waals surface area contributed by atoms with E-state index in [0.717, 1.165) is 25.0 Å². The number of amides is 1. The molecule has 3 nitrogen and oxygen atoms in total. The van der Waals surface area contributed by atoms with E-state index in [-0.39, 0.29) is 11.3 Å². The Balaban J connectivity index is 2.14. The molecule has 0 spiro atoms. The van der Waals surface area contributed by atoms with Crippen LogP contribution in [-0.2, 0) is 0 Å². The lowest BCUT2D eigenvalue weighted by atomic mass is 10.1. The number of benzene rings is 1. The number of anilines is 1. The normalized spacial score (nSPS) is 15.7. The molecule has 2 rings (SSSR count). The van der Waals surface area contributed by atoms with Gasteiger partial charge in [-0.25, -0.2) is 8.78 Å². The Morgan fingerprint density at radius 2 is 2.00 bits per heavy atom. The van der Waals surface area contributed by atoms with Crippen LogP contribution in [0.2, 0.25) is 0 Å². The number of nitrogen functional groups attached to an aromatic ring is 1. The number of halogens is 2. The molecule has 104 valence electrons. The van der Waals surface area contributed by atoms with Crippen molar-refractivity contribution < 1.29 is 13.6 Å². The Labute approximate surface area is 111 Å². The molecule has 19 heavy (non-hydrogen) atoms. The van der Waals surface area contributed by atoms with E-state index in [2.05, 4.69) is 0 Å². The third-order valence-electron chi connectivity index (χ3n) is 3.65. The van der Waals surface area contributed by atoms with Crippen LogP contribution in [0.5, 0.6) is 0 Å². The topological polar surface area (TPSA) is 46.3 Å². The summed E-state index contributed by atoms with van der Waals surface area (Å²) in [5.74, 6) is -1.60. The quantitative estimate of drug-likeness (QED) is 0.857. The molecule has 0 radical (unpaired) electrons. The molecule has 0 aliphatic heterocycles. The molecule has 1 fully saturated rings. The highest BCUT2D eigenvalue weighted by atomic mass is 19.1. The van der Waals surface area contributed by atoms with Gasteiger partial charge in [-0.3, -0.25) is 4.79 Å². The number of carbonyl (C=O) groups excluding carboxylic acids is 1. The fourth-order valence-electron chi connectivity index (χ4n) is 2.63. The molecule has 1 aromatic carbocycles. The summed E-state index contributed by atoms with van der Waals surface area (Å²) in [6, 6.07) is 1.78. The number of carbonyl (C=O) groups is 1. The van der Waals surface area contributed by atoms with Gasteiger partial charge >= 0.3 is 0 Å². The van der Waals surface area contributed by atoms with Gasteiger partial charge in [0.25, 0.3) is 5.91 Å². The number of hydrogen-bond acceptors (Lipinski definition) is 2. The summed E-state index contributed by atoms with van der Waals surface area (Å²) >= 11 is 0. The van der Waals surface area contributed by atoms with Gasteiger partial charge in [0.05, 0.1) is 11.3 Å². The van der Waals surface area contributed by atoms with Gasteiger partial charge in [-0.2, -0.15) is 0 Å². The van der Waals surface area contributed by atoms with Crippen LogP contribution in [-0.4, -0.2) is 24.4 Å². The minimum atomic E-state index is -0.843. The maximum Gasteiger partial charge on any atom is 0.256 e. The van der Waals surface area contributed by atoms with Gasteiger partial charge in [0.1, 0.15) is 5.82 Å². The lowest BCUT2D eigenvalue weighted by Gasteiger charge is -2.21. The van der Waals surface area contributed by atoms with Crippen LogP contribution in [0.4, 0.5) is 14.5 Å². The number of rotatable bonds is 3. The van der Waals surface area contributed by atoms with Crippen molar-refractivity contribution in [2.24, 2.45) is 5.92 Å². The van der Waals surface area contributed by atoms with Crippen molar-refractivity contribution in [3.63, 3.8) is 0 Å². The maximum atomic E-state index is 13.8.